The molecular weight excluding hydrogens is 520 g/mol. The van der Waals surface area contributed by atoms with E-state index in [4.69, 9.17) is 9.47 Å². The summed E-state index contributed by atoms with van der Waals surface area (Å²) in [6, 6.07) is 15.8. The van der Waals surface area contributed by atoms with E-state index in [0.29, 0.717) is 54.5 Å². The average molecular weight is 559 g/mol. The Morgan fingerprint density at radius 3 is 2.51 bits per heavy atom. The summed E-state index contributed by atoms with van der Waals surface area (Å²) < 4.78 is 11.6. The van der Waals surface area contributed by atoms with Gasteiger partial charge < -0.3 is 19.7 Å². The van der Waals surface area contributed by atoms with E-state index in [-0.39, 0.29) is 37.0 Å². The van der Waals surface area contributed by atoms with E-state index in [1.165, 1.54) is 0 Å². The van der Waals surface area contributed by atoms with Crippen molar-refractivity contribution in [3.05, 3.63) is 84.1 Å². The van der Waals surface area contributed by atoms with E-state index in [2.05, 4.69) is 23.7 Å². The molecule has 1 saturated carbocycles. The summed E-state index contributed by atoms with van der Waals surface area (Å²) in [6.45, 7) is 10.4. The third-order valence-corrected chi connectivity index (χ3v) is 7.71. The molecule has 1 saturated heterocycles. The number of nitrogens with zero attached hydrogens (tertiary/aromatic N) is 3. The highest BCUT2D eigenvalue weighted by molar-refractivity contribution is 5.95. The number of carbonyl (C=O) groups excluding carboxylic acids is 3. The number of ether oxygens (including phenoxy) is 2. The number of piperazine rings is 1. The van der Waals surface area contributed by atoms with Crippen molar-refractivity contribution in [3.63, 3.8) is 0 Å². The maximum atomic E-state index is 13.6. The van der Waals surface area contributed by atoms with E-state index in [1.54, 1.807) is 17.9 Å². The van der Waals surface area contributed by atoms with Gasteiger partial charge in [0.15, 0.2) is 0 Å². The fourth-order valence-electron chi connectivity index (χ4n) is 5.56. The van der Waals surface area contributed by atoms with Gasteiger partial charge in [-0.2, -0.15) is 0 Å². The van der Waals surface area contributed by atoms with Crippen LogP contribution in [0.5, 0.6) is 11.5 Å². The Labute approximate surface area is 241 Å². The Morgan fingerprint density at radius 1 is 1.07 bits per heavy atom. The molecule has 3 aliphatic rings. The van der Waals surface area contributed by atoms with Crippen molar-refractivity contribution in [2.24, 2.45) is 5.92 Å². The summed E-state index contributed by atoms with van der Waals surface area (Å²) in [7, 11) is 0. The quantitative estimate of drug-likeness (QED) is 0.341. The number of hydrogen-bond donors (Lipinski definition) is 1. The highest BCUT2D eigenvalue weighted by Crippen LogP contribution is 2.35. The number of amides is 3. The van der Waals surface area contributed by atoms with Gasteiger partial charge in [0.25, 0.3) is 0 Å². The Kier molecular flexibility index (Phi) is 8.73. The van der Waals surface area contributed by atoms with Gasteiger partial charge >= 0.3 is 12.0 Å². The Hall–Kier alpha value is -4.11. The molecule has 9 heteroatoms. The molecule has 0 radical (unpaired) electrons. The first-order chi connectivity index (χ1) is 19.9. The largest absolute Gasteiger partial charge is 0.463 e. The molecule has 5 rings (SSSR count). The zero-order valence-electron chi connectivity index (χ0n) is 23.8. The Morgan fingerprint density at radius 2 is 1.83 bits per heavy atom. The predicted octanol–water partition coefficient (Wildman–Crippen LogP) is 4.49. The number of hydrogen-bond acceptors (Lipinski definition) is 6. The van der Waals surface area contributed by atoms with Gasteiger partial charge in [0.05, 0.1) is 18.2 Å². The second-order valence-corrected chi connectivity index (χ2v) is 10.7. The molecule has 1 aliphatic carbocycles. The van der Waals surface area contributed by atoms with Gasteiger partial charge in [-0.25, -0.2) is 9.59 Å². The van der Waals surface area contributed by atoms with Crippen LogP contribution < -0.4 is 10.1 Å². The summed E-state index contributed by atoms with van der Waals surface area (Å²) in [5.74, 6) is 1.21. The molecule has 2 unspecified atom stereocenters. The van der Waals surface area contributed by atoms with Crippen molar-refractivity contribution in [3.8, 4) is 11.5 Å². The molecule has 0 bridgehead atoms. The second-order valence-electron chi connectivity index (χ2n) is 10.7. The lowest BCUT2D eigenvalue weighted by Gasteiger charge is -2.43. The topological polar surface area (TPSA) is 91.4 Å². The van der Waals surface area contributed by atoms with Gasteiger partial charge in [-0.3, -0.25) is 14.6 Å². The maximum Gasteiger partial charge on any atom is 0.338 e. The number of carbonyl (C=O) groups is 3. The second kappa shape index (κ2) is 12.6. The SMILES string of the molecule is C=CCN1C(=O)NC(c2cccc(Oc3ccccc3)c2)C(C(=O)OCC)=C1CN1CCN(C(=O)C2CC2)C(C)C1. The van der Waals surface area contributed by atoms with E-state index < -0.39 is 12.0 Å². The average Bonchev–Trinajstić information content (AvgIpc) is 3.81. The standard InChI is InChI=1S/C32H38N4O5/c1-4-16-36-27(21-34-17-18-35(22(3)20-34)30(37)23-14-15-23)28(31(38)40-5-2)29(33-32(36)39)24-10-9-13-26(19-24)41-25-11-7-6-8-12-25/h4,6-13,19,22-23,29H,1,5,14-18,20-21H2,2-3H3,(H,33,39). The van der Waals surface area contributed by atoms with E-state index in [1.807, 2.05) is 59.5 Å². The molecular formula is C32H38N4O5. The normalized spacial score (nSPS) is 21.4. The maximum absolute atomic E-state index is 13.6. The van der Waals surface area contributed by atoms with Crippen molar-refractivity contribution < 1.29 is 23.9 Å². The lowest BCUT2D eigenvalue weighted by Crippen LogP contribution is -2.56. The number of para-hydroxylation sites is 1. The number of urea groups is 1. The molecule has 9 nitrogen and oxygen atoms in total. The van der Waals surface area contributed by atoms with Gasteiger partial charge in [-0.1, -0.05) is 36.4 Å². The van der Waals surface area contributed by atoms with Gasteiger partial charge in [-0.15, -0.1) is 6.58 Å². The van der Waals surface area contributed by atoms with Crippen LogP contribution in [0.25, 0.3) is 0 Å². The molecule has 41 heavy (non-hydrogen) atoms. The minimum Gasteiger partial charge on any atom is -0.463 e. The van der Waals surface area contributed by atoms with Crippen molar-refractivity contribution in [1.82, 2.24) is 20.0 Å². The summed E-state index contributed by atoms with van der Waals surface area (Å²) in [4.78, 5) is 45.6. The molecule has 3 amide bonds. The number of benzene rings is 2. The highest BCUT2D eigenvalue weighted by atomic mass is 16.5. The molecule has 0 aromatic heterocycles. The molecule has 2 heterocycles. The minimum absolute atomic E-state index is 0.0383. The molecule has 2 aliphatic heterocycles. The van der Waals surface area contributed by atoms with Crippen LogP contribution >= 0.6 is 0 Å². The van der Waals surface area contributed by atoms with Crippen molar-refractivity contribution in [1.29, 1.82) is 0 Å². The highest BCUT2D eigenvalue weighted by Gasteiger charge is 2.41. The van der Waals surface area contributed by atoms with Crippen LogP contribution in [-0.4, -0.2) is 78.0 Å². The molecule has 2 atom stereocenters. The monoisotopic (exact) mass is 558 g/mol. The summed E-state index contributed by atoms with van der Waals surface area (Å²) in [5.41, 5.74) is 1.67. The molecule has 216 valence electrons. The van der Waals surface area contributed by atoms with Crippen LogP contribution in [0.15, 0.2) is 78.5 Å². The molecule has 1 N–H and O–H groups in total. The van der Waals surface area contributed by atoms with Crippen molar-refractivity contribution in [2.45, 2.75) is 38.8 Å². The Bertz CT molecular complexity index is 1320. The van der Waals surface area contributed by atoms with Crippen LogP contribution in [0.4, 0.5) is 4.79 Å². The number of esters is 1. The first-order valence-corrected chi connectivity index (χ1v) is 14.3. The molecule has 2 aromatic rings. The van der Waals surface area contributed by atoms with Gasteiger partial charge in [0.2, 0.25) is 5.91 Å². The first kappa shape index (κ1) is 28.4. The summed E-state index contributed by atoms with van der Waals surface area (Å²) in [6.07, 6.45) is 3.60. The minimum atomic E-state index is -0.730. The summed E-state index contributed by atoms with van der Waals surface area (Å²) in [5, 5.41) is 3.02. The number of nitrogens with one attached hydrogen (secondary N) is 1. The van der Waals surface area contributed by atoms with Crippen LogP contribution in [-0.2, 0) is 14.3 Å². The fourth-order valence-corrected chi connectivity index (χ4v) is 5.56. The van der Waals surface area contributed by atoms with Crippen LogP contribution in [0.1, 0.15) is 38.3 Å². The third-order valence-electron chi connectivity index (χ3n) is 7.71. The van der Waals surface area contributed by atoms with Crippen molar-refractivity contribution >= 4 is 17.9 Å². The number of rotatable bonds is 10. The lowest BCUT2D eigenvalue weighted by molar-refractivity contribution is -0.139. The van der Waals surface area contributed by atoms with Gasteiger partial charge in [0, 0.05) is 50.4 Å². The molecule has 2 fully saturated rings. The van der Waals surface area contributed by atoms with Crippen LogP contribution in [0.3, 0.4) is 0 Å². The predicted molar refractivity (Wildman–Crippen MR) is 155 cm³/mol. The van der Waals surface area contributed by atoms with E-state index in [9.17, 15) is 14.4 Å². The zero-order chi connectivity index (χ0) is 28.9. The Balaban J connectivity index is 1.47. The van der Waals surface area contributed by atoms with Crippen LogP contribution in [0, 0.1) is 5.92 Å². The lowest BCUT2D eigenvalue weighted by atomic mass is 9.93. The fraction of sp³-hybridized carbons (Fsp3) is 0.406. The molecule has 0 spiro atoms. The van der Waals surface area contributed by atoms with Crippen LogP contribution in [0.2, 0.25) is 0 Å². The smallest absolute Gasteiger partial charge is 0.338 e. The third kappa shape index (κ3) is 6.46. The van der Waals surface area contributed by atoms with Gasteiger partial charge in [0.1, 0.15) is 11.5 Å². The summed E-state index contributed by atoms with van der Waals surface area (Å²) >= 11 is 0. The van der Waals surface area contributed by atoms with E-state index in [0.717, 1.165) is 12.8 Å². The zero-order valence-corrected chi connectivity index (χ0v) is 23.8. The van der Waals surface area contributed by atoms with Gasteiger partial charge in [-0.05, 0) is 56.5 Å². The first-order valence-electron chi connectivity index (χ1n) is 14.3. The molecule has 2 aromatic carbocycles. The van der Waals surface area contributed by atoms with Crippen molar-refractivity contribution in [2.75, 3.05) is 39.3 Å². The van der Waals surface area contributed by atoms with E-state index >= 15 is 0 Å².